The molecule has 86 valence electrons. The second-order valence-corrected chi connectivity index (χ2v) is 6.55. The van der Waals surface area contributed by atoms with Crippen LogP contribution in [0.2, 0.25) is 0 Å². The molecule has 0 saturated carbocycles. The van der Waals surface area contributed by atoms with Crippen molar-refractivity contribution in [2.45, 2.75) is 25.7 Å². The van der Waals surface area contributed by atoms with Gasteiger partial charge in [0.2, 0.25) is 5.71 Å². The molecule has 0 spiro atoms. The predicted octanol–water partition coefficient (Wildman–Crippen LogP) is 1.73. The number of fused-ring (bicyclic) bond motifs is 1. The van der Waals surface area contributed by atoms with Crippen molar-refractivity contribution in [3.05, 3.63) is 35.0 Å². The highest BCUT2D eigenvalue weighted by molar-refractivity contribution is 7.86. The zero-order chi connectivity index (χ0) is 12.1. The van der Waals surface area contributed by atoms with Crippen LogP contribution in [0, 0.1) is 10.6 Å². The SMILES string of the molecule is CC(C)(C)C1=[N+]([O-])S(=O)(=O)c2ccccc21. The second-order valence-electron chi connectivity index (χ2n) is 4.83. The molecule has 0 radical (unpaired) electrons. The van der Waals surface area contributed by atoms with Gasteiger partial charge in [0.25, 0.3) is 0 Å². The summed E-state index contributed by atoms with van der Waals surface area (Å²) in [4.78, 5) is 0.106. The molecule has 2 rings (SSSR count). The molecular formula is C11H13NO3S. The minimum absolute atomic E-state index is 0.106. The van der Waals surface area contributed by atoms with Crippen molar-refractivity contribution in [2.24, 2.45) is 5.41 Å². The fourth-order valence-corrected chi connectivity index (χ4v) is 3.36. The van der Waals surface area contributed by atoms with Crippen molar-refractivity contribution in [3.63, 3.8) is 0 Å². The minimum Gasteiger partial charge on any atom is -0.607 e. The van der Waals surface area contributed by atoms with Gasteiger partial charge in [0, 0.05) is 5.41 Å². The maximum atomic E-state index is 11.8. The van der Waals surface area contributed by atoms with Gasteiger partial charge in [-0.15, -0.1) is 0 Å². The second kappa shape index (κ2) is 3.07. The molecule has 0 fully saturated rings. The molecule has 1 heterocycles. The first kappa shape index (κ1) is 11.1. The largest absolute Gasteiger partial charge is 0.607 e. The lowest BCUT2D eigenvalue weighted by Crippen LogP contribution is -2.27. The van der Waals surface area contributed by atoms with Gasteiger partial charge >= 0.3 is 10.0 Å². The highest BCUT2D eigenvalue weighted by Gasteiger charge is 2.44. The van der Waals surface area contributed by atoms with Crippen molar-refractivity contribution in [2.75, 3.05) is 0 Å². The Morgan fingerprint density at radius 3 is 2.31 bits per heavy atom. The Kier molecular flexibility index (Phi) is 2.14. The fourth-order valence-electron chi connectivity index (χ4n) is 1.87. The summed E-state index contributed by atoms with van der Waals surface area (Å²) in [5.41, 5.74) is 0.328. The van der Waals surface area contributed by atoms with Crippen molar-refractivity contribution in [1.29, 1.82) is 0 Å². The molecule has 0 bridgehead atoms. The van der Waals surface area contributed by atoms with Gasteiger partial charge < -0.3 is 5.21 Å². The molecule has 0 aliphatic carbocycles. The standard InChI is InChI=1S/C11H13NO3S/c1-11(2,3)10-8-6-4-5-7-9(8)16(14,15)12(10)13/h4-7H,1-3H3. The van der Waals surface area contributed by atoms with Crippen molar-refractivity contribution in [3.8, 4) is 0 Å². The quantitative estimate of drug-likeness (QED) is 0.511. The van der Waals surface area contributed by atoms with E-state index in [1.807, 2.05) is 20.8 Å². The van der Waals surface area contributed by atoms with Gasteiger partial charge in [0.1, 0.15) is 4.90 Å². The van der Waals surface area contributed by atoms with Gasteiger partial charge in [-0.25, -0.2) is 0 Å². The maximum absolute atomic E-state index is 11.8. The van der Waals surface area contributed by atoms with E-state index in [1.54, 1.807) is 18.2 Å². The average Bonchev–Trinajstić information content (AvgIpc) is 2.35. The number of nitrogens with zero attached hydrogens (tertiary/aromatic N) is 1. The first-order chi connectivity index (χ1) is 7.26. The van der Waals surface area contributed by atoms with E-state index in [2.05, 4.69) is 0 Å². The Balaban J connectivity index is 2.86. The third-order valence-electron chi connectivity index (χ3n) is 2.53. The summed E-state index contributed by atoms with van der Waals surface area (Å²) in [5, 5.41) is 11.8. The van der Waals surface area contributed by atoms with E-state index < -0.39 is 15.4 Å². The molecule has 0 saturated heterocycles. The van der Waals surface area contributed by atoms with Gasteiger partial charge in [0.05, 0.1) is 5.56 Å². The molecule has 0 amide bonds. The van der Waals surface area contributed by atoms with E-state index in [-0.39, 0.29) is 9.04 Å². The Morgan fingerprint density at radius 1 is 1.19 bits per heavy atom. The molecule has 0 aromatic heterocycles. The Labute approximate surface area is 94.9 Å². The number of benzene rings is 1. The molecule has 0 N–H and O–H groups in total. The van der Waals surface area contributed by atoms with Crippen LogP contribution in [0.5, 0.6) is 0 Å². The van der Waals surface area contributed by atoms with Crippen LogP contribution < -0.4 is 0 Å². The van der Waals surface area contributed by atoms with Crippen LogP contribution in [-0.4, -0.2) is 18.3 Å². The van der Waals surface area contributed by atoms with Crippen LogP contribution in [-0.2, 0) is 10.0 Å². The first-order valence-corrected chi connectivity index (χ1v) is 6.39. The van der Waals surface area contributed by atoms with Crippen LogP contribution in [0.1, 0.15) is 26.3 Å². The first-order valence-electron chi connectivity index (χ1n) is 4.95. The summed E-state index contributed by atoms with van der Waals surface area (Å²) in [6.07, 6.45) is 0. The topological polar surface area (TPSA) is 60.2 Å². The number of rotatable bonds is 0. The van der Waals surface area contributed by atoms with Crippen molar-refractivity contribution >= 4 is 15.7 Å². The van der Waals surface area contributed by atoms with Crippen LogP contribution >= 0.6 is 0 Å². The smallest absolute Gasteiger partial charge is 0.406 e. The van der Waals surface area contributed by atoms with E-state index in [4.69, 9.17) is 0 Å². The van der Waals surface area contributed by atoms with Gasteiger partial charge in [-0.3, -0.25) is 0 Å². The lowest BCUT2D eigenvalue weighted by Gasteiger charge is -2.15. The van der Waals surface area contributed by atoms with Crippen molar-refractivity contribution in [1.82, 2.24) is 0 Å². The molecule has 4 nitrogen and oxygen atoms in total. The molecular weight excluding hydrogens is 226 g/mol. The van der Waals surface area contributed by atoms with E-state index >= 15 is 0 Å². The van der Waals surface area contributed by atoms with Gasteiger partial charge in [0.15, 0.2) is 0 Å². The van der Waals surface area contributed by atoms with Crippen molar-refractivity contribution < 1.29 is 12.6 Å². The molecule has 0 unspecified atom stereocenters. The molecule has 1 aliphatic rings. The third-order valence-corrected chi connectivity index (χ3v) is 4.06. The Hall–Kier alpha value is -1.36. The number of sulfonamides is 1. The minimum atomic E-state index is -3.88. The van der Waals surface area contributed by atoms with Crippen LogP contribution in [0.15, 0.2) is 29.2 Å². The average molecular weight is 239 g/mol. The van der Waals surface area contributed by atoms with E-state index in [0.29, 0.717) is 11.3 Å². The van der Waals surface area contributed by atoms with E-state index in [0.717, 1.165) is 0 Å². The zero-order valence-electron chi connectivity index (χ0n) is 9.39. The van der Waals surface area contributed by atoms with Crippen LogP contribution in [0.25, 0.3) is 0 Å². The molecule has 5 heteroatoms. The molecule has 16 heavy (non-hydrogen) atoms. The van der Waals surface area contributed by atoms with Gasteiger partial charge in [-0.1, -0.05) is 37.0 Å². The monoisotopic (exact) mass is 239 g/mol. The highest BCUT2D eigenvalue weighted by Crippen LogP contribution is 2.33. The third kappa shape index (κ3) is 1.35. The normalized spacial score (nSPS) is 18.7. The Morgan fingerprint density at radius 2 is 1.75 bits per heavy atom. The summed E-state index contributed by atoms with van der Waals surface area (Å²) >= 11 is 0. The summed E-state index contributed by atoms with van der Waals surface area (Å²) in [5.74, 6) is 0. The fraction of sp³-hybridized carbons (Fsp3) is 0.364. The molecule has 1 aromatic rings. The summed E-state index contributed by atoms with van der Waals surface area (Å²) in [6.45, 7) is 5.47. The molecule has 0 atom stereocenters. The number of hydrogen-bond donors (Lipinski definition) is 0. The predicted molar refractivity (Wildman–Crippen MR) is 60.8 cm³/mol. The summed E-state index contributed by atoms with van der Waals surface area (Å²) in [6, 6.07) is 6.49. The summed E-state index contributed by atoms with van der Waals surface area (Å²) in [7, 11) is -3.88. The lowest BCUT2D eigenvalue weighted by atomic mass is 9.86. The number of hydrogen-bond acceptors (Lipinski definition) is 3. The zero-order valence-corrected chi connectivity index (χ0v) is 10.2. The van der Waals surface area contributed by atoms with E-state index in [1.165, 1.54) is 6.07 Å². The lowest BCUT2D eigenvalue weighted by molar-refractivity contribution is -0.281. The van der Waals surface area contributed by atoms with Crippen LogP contribution in [0.3, 0.4) is 0 Å². The maximum Gasteiger partial charge on any atom is 0.406 e. The molecule has 1 aromatic carbocycles. The van der Waals surface area contributed by atoms with Gasteiger partial charge in [-0.2, -0.15) is 8.42 Å². The summed E-state index contributed by atoms with van der Waals surface area (Å²) < 4.78 is 23.8. The van der Waals surface area contributed by atoms with Crippen LogP contribution in [0.4, 0.5) is 0 Å². The molecule has 1 aliphatic heterocycles. The van der Waals surface area contributed by atoms with E-state index in [9.17, 15) is 13.6 Å². The van der Waals surface area contributed by atoms with Gasteiger partial charge in [-0.05, 0) is 12.1 Å². The Bertz CT molecular complexity index is 579. The highest BCUT2D eigenvalue weighted by atomic mass is 32.2.